The Morgan fingerprint density at radius 1 is 0.521 bits per heavy atom. The van der Waals surface area contributed by atoms with Crippen molar-refractivity contribution in [3.05, 3.63) is 301 Å². The number of nitrogens with one attached hydrogen (secondary N) is 3. The SMILES string of the molecule is NCC1Cc2cccc(Cl)c2O1.Nc1ccccc1-c1cc(Cl)c2c(c1)CC(CNC(=O)/C=C/c1cccnc1)O2.Nc1ccccc1B(O)O.O=C(/C=C/c1cccnc1)NCC1Cc2cc(Br)cc(Cl)c2O1.O=C(/C=C/c1cccnc1)NCC1Cc2cccc(Cl)c2O1.O=C(O)/C=C/c1cccnc1.O=C1CCC(=O)N1Br.[2H]CF. The van der Waals surface area contributed by atoms with Crippen molar-refractivity contribution in [3.63, 3.8) is 0 Å². The molecule has 6 aromatic carbocycles. The Balaban J connectivity index is 0.000000178. The Labute approximate surface area is 714 Å². The molecule has 1 saturated heterocycles. The number of amides is 5. The maximum absolute atomic E-state index is 12.1. The third-order valence-electron chi connectivity index (χ3n) is 17.0. The molecule has 10 aromatic rings. The number of pyridine rings is 4. The van der Waals surface area contributed by atoms with Crippen LogP contribution >= 0.6 is 78.5 Å². The minimum Gasteiger partial charge on any atom is -0.487 e. The van der Waals surface area contributed by atoms with Gasteiger partial charge >= 0.3 is 13.1 Å². The molecule has 5 aliphatic rings. The van der Waals surface area contributed by atoms with E-state index in [0.717, 1.165) is 101 Å². The molecule has 4 unspecified atom stereocenters. The average Bonchev–Trinajstić information content (AvgIpc) is 1.63. The summed E-state index contributed by atoms with van der Waals surface area (Å²) in [6.45, 7) is 1.81. The van der Waals surface area contributed by atoms with Crippen LogP contribution in [-0.4, -0.2) is 139 Å². The van der Waals surface area contributed by atoms with E-state index in [1.807, 2.05) is 103 Å². The molecule has 15 rings (SSSR count). The van der Waals surface area contributed by atoms with Crippen LogP contribution in [0.3, 0.4) is 0 Å². The first-order chi connectivity index (χ1) is 56.9. The highest BCUT2D eigenvalue weighted by molar-refractivity contribution is 9.10. The summed E-state index contributed by atoms with van der Waals surface area (Å²) in [5.74, 6) is 1.19. The molecule has 5 aliphatic heterocycles. The van der Waals surface area contributed by atoms with Crippen LogP contribution in [0.1, 0.15) is 58.7 Å². The van der Waals surface area contributed by atoms with E-state index in [-0.39, 0.29) is 54.0 Å². The van der Waals surface area contributed by atoms with E-state index < -0.39 is 20.2 Å². The number of hydrogen-bond donors (Lipinski definition) is 9. The van der Waals surface area contributed by atoms with Crippen LogP contribution in [0.4, 0.5) is 15.8 Å². The van der Waals surface area contributed by atoms with Gasteiger partial charge < -0.3 is 67.3 Å². The zero-order valence-corrected chi connectivity index (χ0v) is 68.6. The van der Waals surface area contributed by atoms with Gasteiger partial charge in [0.05, 0.1) is 64.4 Å². The van der Waals surface area contributed by atoms with Crippen molar-refractivity contribution < 1.29 is 68.6 Å². The van der Waals surface area contributed by atoms with Crippen molar-refractivity contribution in [2.45, 2.75) is 62.9 Å². The van der Waals surface area contributed by atoms with Crippen LogP contribution in [-0.2, 0) is 54.5 Å². The van der Waals surface area contributed by atoms with E-state index in [0.29, 0.717) is 93.9 Å². The lowest BCUT2D eigenvalue weighted by molar-refractivity contribution is -0.132. The van der Waals surface area contributed by atoms with Crippen molar-refractivity contribution in [2.75, 3.05) is 44.8 Å². The van der Waals surface area contributed by atoms with Crippen molar-refractivity contribution in [1.29, 1.82) is 0 Å². The number of anilines is 2. The summed E-state index contributed by atoms with van der Waals surface area (Å²) in [6.07, 6.45) is 29.1. The molecule has 12 N–H and O–H groups in total. The molecule has 0 bridgehead atoms. The fraction of sp³-hybridized carbons (Fsp3) is 0.176. The smallest absolute Gasteiger partial charge is 0.487 e. The number of fused-ring (bicyclic) bond motifs is 4. The Bertz CT molecular complexity index is 5130. The largest absolute Gasteiger partial charge is 0.490 e. The Morgan fingerprint density at radius 2 is 0.897 bits per heavy atom. The number of rotatable bonds is 17. The first-order valence-electron chi connectivity index (χ1n) is 36.6. The number of imide groups is 1. The summed E-state index contributed by atoms with van der Waals surface area (Å²) in [4.78, 5) is 82.5. The third-order valence-corrected chi connectivity index (χ3v) is 19.4. The van der Waals surface area contributed by atoms with Crippen molar-refractivity contribution >= 4 is 162 Å². The van der Waals surface area contributed by atoms with Crippen LogP contribution in [0.2, 0.25) is 20.1 Å². The highest BCUT2D eigenvalue weighted by atomic mass is 79.9. The molecule has 9 heterocycles. The number of carbonyl (C=O) groups excluding carboxylic acids is 5. The molecular weight excluding hydrogens is 1710 g/mol. The van der Waals surface area contributed by atoms with Gasteiger partial charge in [-0.25, -0.2) is 8.72 Å². The van der Waals surface area contributed by atoms with Gasteiger partial charge in [0.15, 0.2) is 0 Å². The van der Waals surface area contributed by atoms with E-state index in [9.17, 15) is 33.2 Å². The lowest BCUT2D eigenvalue weighted by Gasteiger charge is -2.11. The zero-order valence-electron chi connectivity index (χ0n) is 63.5. The molecule has 0 spiro atoms. The molecule has 117 heavy (non-hydrogen) atoms. The number of aliphatic carboxylic acids is 1. The summed E-state index contributed by atoms with van der Waals surface area (Å²) in [6, 6.07) is 48.2. The maximum atomic E-state index is 12.1. The number of carbonyl (C=O) groups is 6. The number of hydrogen-bond acceptors (Lipinski definition) is 19. The van der Waals surface area contributed by atoms with Gasteiger partial charge in [0, 0.05) is 157 Å². The van der Waals surface area contributed by atoms with Gasteiger partial charge in [0.2, 0.25) is 29.5 Å². The summed E-state index contributed by atoms with van der Waals surface area (Å²) >= 11 is 30.8. The highest BCUT2D eigenvalue weighted by Crippen LogP contribution is 2.42. The number of carboxylic acids is 1. The molecular formula is C85H81BBr2Cl4FN11O13. The number of ether oxygens (including phenoxy) is 4. The molecule has 0 aliphatic carbocycles. The molecule has 0 radical (unpaired) electrons. The highest BCUT2D eigenvalue weighted by Gasteiger charge is 2.30. The standard InChI is InChI=1S/C23H20ClN3O2.C17H14BrClN2O2.C17H15ClN2O2.C9H10ClNO.C8H7NO2.C6H8BNO2.C4H4BrNO2.CH3F/c24-20-12-16(19-5-1-2-6-21(19)25)10-17-11-18(29-23(17)20)14-27-22(28)8-7-15-4-3-9-26-13-15;18-13-6-12-7-14(23-17(12)15(19)8-13)10-21-16(22)4-3-11-2-1-5-20-9-11;18-15-5-1-4-13-9-14(22-17(13)15)11-20-16(21)7-6-12-3-2-8-19-10-12;10-8-3-1-2-6-4-7(5-11)12-9(6)8;10-8(11)4-3-7-2-1-5-9-6-7;8-6-4-2-1-3-5(6)7(9)10;5-6-3(7)1-2-4(6)8;1-2/h1-10,12-13,18H,11,14,25H2,(H,27,28);1-6,8-9,14H,7,10H2,(H,21,22);1-8,10,14H,9,11H2,(H,20,21);1-3,7H,4-5,11H2;1-6H,(H,10,11);1-4,9-10H,8H2;1-2H2;1H3/b8-7+;4-3+;7-6+;;4-3+;;;/i;;;;;;;1D. The van der Waals surface area contributed by atoms with Gasteiger partial charge in [0.25, 0.3) is 0 Å². The predicted octanol–water partition coefficient (Wildman–Crippen LogP) is 13.4. The normalized spacial score (nSPS) is 15.4. The minimum absolute atomic E-state index is 0.0781. The van der Waals surface area contributed by atoms with Crippen molar-refractivity contribution in [1.82, 2.24) is 39.8 Å². The van der Waals surface area contributed by atoms with Gasteiger partial charge in [-0.3, -0.25) is 48.3 Å². The predicted molar refractivity (Wildman–Crippen MR) is 462 cm³/mol. The molecule has 606 valence electrons. The Morgan fingerprint density at radius 3 is 1.26 bits per heavy atom. The van der Waals surface area contributed by atoms with Crippen LogP contribution in [0.25, 0.3) is 35.4 Å². The van der Waals surface area contributed by atoms with Crippen LogP contribution in [0.15, 0.2) is 236 Å². The summed E-state index contributed by atoms with van der Waals surface area (Å²) in [5, 5.41) is 36.6. The van der Waals surface area contributed by atoms with Gasteiger partial charge in [-0.05, 0) is 136 Å². The number of para-hydroxylation sites is 4. The van der Waals surface area contributed by atoms with E-state index >= 15 is 0 Å². The first-order valence-corrected chi connectivity index (χ1v) is 38.9. The third kappa shape index (κ3) is 29.7. The number of aromatic nitrogens is 4. The number of nitrogens with two attached hydrogens (primary N) is 3. The second-order valence-corrected chi connectivity index (χ2v) is 28.8. The van der Waals surface area contributed by atoms with E-state index in [2.05, 4.69) is 74.0 Å². The summed E-state index contributed by atoms with van der Waals surface area (Å²) in [5.41, 5.74) is 28.1. The van der Waals surface area contributed by atoms with Gasteiger partial charge in [-0.15, -0.1) is 0 Å². The first kappa shape index (κ1) is 89.6. The fourth-order valence-electron chi connectivity index (χ4n) is 11.4. The zero-order chi connectivity index (χ0) is 84.9. The van der Waals surface area contributed by atoms with E-state index in [4.69, 9.17) is 99.1 Å². The average molecular weight is 1800 g/mol. The quantitative estimate of drug-likeness (QED) is 0.0134. The minimum atomic E-state index is -1.47. The Hall–Kier alpha value is -11.3. The maximum Gasteiger partial charge on any atom is 0.490 e. The second kappa shape index (κ2) is 47.7. The number of nitrogen functional groups attached to an aromatic ring is 2. The van der Waals surface area contributed by atoms with Crippen LogP contribution in [0.5, 0.6) is 23.0 Å². The van der Waals surface area contributed by atoms with Gasteiger partial charge in [0.1, 0.15) is 47.4 Å². The van der Waals surface area contributed by atoms with E-state index in [1.165, 1.54) is 24.3 Å². The fourth-order valence-corrected chi connectivity index (χ4v) is 13.5. The summed E-state index contributed by atoms with van der Waals surface area (Å²) in [7, 11) is -2.47. The second-order valence-electron chi connectivity index (χ2n) is 25.5. The van der Waals surface area contributed by atoms with Crippen molar-refractivity contribution in [2.24, 2.45) is 5.73 Å². The van der Waals surface area contributed by atoms with Gasteiger partial charge in [-0.1, -0.05) is 147 Å². The van der Waals surface area contributed by atoms with Crippen LogP contribution in [0, 0.1) is 0 Å². The molecule has 1 fully saturated rings. The van der Waals surface area contributed by atoms with Crippen LogP contribution < -0.4 is 57.6 Å². The number of alkyl halides is 1. The molecule has 4 atom stereocenters. The summed E-state index contributed by atoms with van der Waals surface area (Å²) < 4.78 is 40.5. The molecule has 32 heteroatoms. The molecule has 0 saturated carbocycles. The lowest BCUT2D eigenvalue weighted by atomic mass is 9.79. The number of nitrogens with zero attached hydrogens (tertiary/aromatic N) is 5. The Kier molecular flexibility index (Phi) is 36.5. The van der Waals surface area contributed by atoms with E-state index in [1.54, 1.807) is 116 Å². The van der Waals surface area contributed by atoms with Gasteiger partial charge in [-0.2, -0.15) is 0 Å². The lowest BCUT2D eigenvalue weighted by Crippen LogP contribution is -2.33. The number of carboxylic acid groups (broad SMARTS) is 1. The number of halogens is 7. The molecule has 4 aromatic heterocycles. The molecule has 24 nitrogen and oxygen atoms in total. The topological polar surface area (TPSA) is 369 Å². The molecule has 5 amide bonds. The number of benzene rings is 6. The monoisotopic (exact) mass is 1790 g/mol. The van der Waals surface area contributed by atoms with Crippen molar-refractivity contribution in [3.8, 4) is 34.1 Å².